The van der Waals surface area contributed by atoms with Crippen molar-refractivity contribution >= 4 is 0 Å². The monoisotopic (exact) mass is 242 g/mol. The maximum atomic E-state index is 5.74. The van der Waals surface area contributed by atoms with Gasteiger partial charge in [0.2, 0.25) is 0 Å². The topological polar surface area (TPSA) is 38.5 Å². The van der Waals surface area contributed by atoms with Crippen LogP contribution in [0.1, 0.15) is 46.0 Å². The molecule has 102 valence electrons. The Morgan fingerprint density at radius 2 is 1.88 bits per heavy atom. The predicted octanol–water partition coefficient (Wildman–Crippen LogP) is 2.25. The Morgan fingerprint density at radius 3 is 2.47 bits per heavy atom. The Morgan fingerprint density at radius 1 is 1.24 bits per heavy atom. The first-order chi connectivity index (χ1) is 8.05. The Hall–Kier alpha value is -0.120. The van der Waals surface area contributed by atoms with Crippen molar-refractivity contribution in [3.05, 3.63) is 0 Å². The molecule has 0 bridgehead atoms. The van der Waals surface area contributed by atoms with Gasteiger partial charge in [0.25, 0.3) is 0 Å². The second-order valence-electron chi connectivity index (χ2n) is 6.15. The van der Waals surface area contributed by atoms with Crippen LogP contribution >= 0.6 is 0 Å². The number of hydrogen-bond acceptors (Lipinski definition) is 3. The molecule has 3 heteroatoms. The van der Waals surface area contributed by atoms with Gasteiger partial charge in [-0.05, 0) is 51.2 Å². The molecule has 0 aromatic carbocycles. The van der Waals surface area contributed by atoms with Gasteiger partial charge in [0.05, 0.1) is 0 Å². The molecule has 3 nitrogen and oxygen atoms in total. The minimum absolute atomic E-state index is 0.317. The zero-order valence-electron chi connectivity index (χ0n) is 11.9. The molecule has 1 aliphatic heterocycles. The standard InChI is InChI=1S/C14H30N2O/c1-14(2,12-15)8-4-5-9-16(3)13-6-10-17-11-7-13/h13H,4-12,15H2,1-3H3. The van der Waals surface area contributed by atoms with Gasteiger partial charge in [0.15, 0.2) is 0 Å². The average molecular weight is 242 g/mol. The third kappa shape index (κ3) is 5.84. The van der Waals surface area contributed by atoms with Gasteiger partial charge < -0.3 is 15.4 Å². The number of nitrogens with zero attached hydrogens (tertiary/aromatic N) is 1. The van der Waals surface area contributed by atoms with Gasteiger partial charge in [-0.1, -0.05) is 20.3 Å². The third-order valence-electron chi connectivity index (χ3n) is 3.98. The van der Waals surface area contributed by atoms with E-state index in [4.69, 9.17) is 10.5 Å². The summed E-state index contributed by atoms with van der Waals surface area (Å²) in [5.41, 5.74) is 6.06. The van der Waals surface area contributed by atoms with Crippen LogP contribution in [0, 0.1) is 5.41 Å². The molecule has 0 atom stereocenters. The summed E-state index contributed by atoms with van der Waals surface area (Å²) in [7, 11) is 2.25. The summed E-state index contributed by atoms with van der Waals surface area (Å²) in [5.74, 6) is 0. The number of hydrogen-bond donors (Lipinski definition) is 1. The van der Waals surface area contributed by atoms with Gasteiger partial charge in [-0.25, -0.2) is 0 Å². The molecule has 2 N–H and O–H groups in total. The van der Waals surface area contributed by atoms with Crippen LogP contribution in [0.25, 0.3) is 0 Å². The molecule has 0 aromatic rings. The summed E-state index contributed by atoms with van der Waals surface area (Å²) in [6, 6.07) is 0.742. The first-order valence-electron chi connectivity index (χ1n) is 7.03. The van der Waals surface area contributed by atoms with Gasteiger partial charge in [-0.2, -0.15) is 0 Å². The molecule has 0 aromatic heterocycles. The lowest BCUT2D eigenvalue weighted by atomic mass is 9.87. The number of unbranched alkanes of at least 4 members (excludes halogenated alkanes) is 1. The smallest absolute Gasteiger partial charge is 0.0480 e. The Kier molecular flexibility index (Phi) is 6.45. The summed E-state index contributed by atoms with van der Waals surface area (Å²) in [6.45, 7) is 8.41. The van der Waals surface area contributed by atoms with Crippen molar-refractivity contribution in [2.45, 2.75) is 52.0 Å². The highest BCUT2D eigenvalue weighted by atomic mass is 16.5. The molecule has 17 heavy (non-hydrogen) atoms. The van der Waals surface area contributed by atoms with Crippen molar-refractivity contribution in [1.29, 1.82) is 0 Å². The van der Waals surface area contributed by atoms with E-state index in [0.717, 1.165) is 25.8 Å². The van der Waals surface area contributed by atoms with Crippen molar-refractivity contribution in [2.24, 2.45) is 11.1 Å². The molecule has 0 radical (unpaired) electrons. The summed E-state index contributed by atoms with van der Waals surface area (Å²) in [5, 5.41) is 0. The third-order valence-corrected chi connectivity index (χ3v) is 3.98. The van der Waals surface area contributed by atoms with E-state index in [-0.39, 0.29) is 0 Å². The van der Waals surface area contributed by atoms with Crippen LogP contribution in [0.2, 0.25) is 0 Å². The van der Waals surface area contributed by atoms with Crippen LogP contribution in [0.4, 0.5) is 0 Å². The largest absolute Gasteiger partial charge is 0.381 e. The second kappa shape index (κ2) is 7.34. The van der Waals surface area contributed by atoms with Crippen LogP contribution in [0.15, 0.2) is 0 Å². The van der Waals surface area contributed by atoms with Gasteiger partial charge in [0, 0.05) is 19.3 Å². The van der Waals surface area contributed by atoms with E-state index in [0.29, 0.717) is 5.41 Å². The van der Waals surface area contributed by atoms with E-state index in [1.807, 2.05) is 0 Å². The molecular weight excluding hydrogens is 212 g/mol. The lowest BCUT2D eigenvalue weighted by molar-refractivity contribution is 0.0424. The first-order valence-corrected chi connectivity index (χ1v) is 7.03. The number of rotatable bonds is 7. The van der Waals surface area contributed by atoms with Crippen molar-refractivity contribution in [3.63, 3.8) is 0 Å². The van der Waals surface area contributed by atoms with E-state index in [2.05, 4.69) is 25.8 Å². The Labute approximate surface area is 107 Å². The zero-order chi connectivity index (χ0) is 12.7. The molecular formula is C14H30N2O. The molecule has 1 saturated heterocycles. The van der Waals surface area contributed by atoms with E-state index >= 15 is 0 Å². The van der Waals surface area contributed by atoms with Crippen molar-refractivity contribution in [1.82, 2.24) is 4.90 Å². The molecule has 1 aliphatic rings. The summed E-state index contributed by atoms with van der Waals surface area (Å²) in [4.78, 5) is 2.51. The van der Waals surface area contributed by atoms with Gasteiger partial charge in [0.1, 0.15) is 0 Å². The van der Waals surface area contributed by atoms with Crippen molar-refractivity contribution in [2.75, 3.05) is 33.4 Å². The summed E-state index contributed by atoms with van der Waals surface area (Å²) < 4.78 is 5.39. The predicted molar refractivity (Wildman–Crippen MR) is 73.2 cm³/mol. The van der Waals surface area contributed by atoms with Crippen molar-refractivity contribution in [3.8, 4) is 0 Å². The van der Waals surface area contributed by atoms with Crippen LogP contribution in [-0.2, 0) is 4.74 Å². The molecule has 1 heterocycles. The molecule has 1 rings (SSSR count). The van der Waals surface area contributed by atoms with Crippen LogP contribution < -0.4 is 5.73 Å². The quantitative estimate of drug-likeness (QED) is 0.696. The first kappa shape index (κ1) is 14.9. The zero-order valence-corrected chi connectivity index (χ0v) is 11.9. The summed E-state index contributed by atoms with van der Waals surface area (Å²) in [6.07, 6.45) is 6.22. The highest BCUT2D eigenvalue weighted by Gasteiger charge is 2.18. The van der Waals surface area contributed by atoms with E-state index < -0.39 is 0 Å². The molecule has 0 saturated carbocycles. The molecule has 0 spiro atoms. The normalized spacial score (nSPS) is 18.9. The van der Waals surface area contributed by atoms with Gasteiger partial charge in [-0.3, -0.25) is 0 Å². The Balaban J connectivity index is 2.09. The lowest BCUT2D eigenvalue weighted by Gasteiger charge is -2.31. The minimum atomic E-state index is 0.317. The fourth-order valence-corrected chi connectivity index (χ4v) is 2.38. The maximum absolute atomic E-state index is 5.74. The highest BCUT2D eigenvalue weighted by Crippen LogP contribution is 2.21. The Bertz CT molecular complexity index is 200. The average Bonchev–Trinajstić information content (AvgIpc) is 2.35. The van der Waals surface area contributed by atoms with Crippen LogP contribution in [-0.4, -0.2) is 44.3 Å². The highest BCUT2D eigenvalue weighted by molar-refractivity contribution is 4.73. The van der Waals surface area contributed by atoms with Crippen LogP contribution in [0.3, 0.4) is 0 Å². The fraction of sp³-hybridized carbons (Fsp3) is 1.00. The molecule has 1 fully saturated rings. The van der Waals surface area contributed by atoms with Crippen LogP contribution in [0.5, 0.6) is 0 Å². The van der Waals surface area contributed by atoms with E-state index in [1.54, 1.807) is 0 Å². The summed E-state index contributed by atoms with van der Waals surface area (Å²) >= 11 is 0. The fourth-order valence-electron chi connectivity index (χ4n) is 2.38. The van der Waals surface area contributed by atoms with E-state index in [1.165, 1.54) is 38.6 Å². The number of nitrogens with two attached hydrogens (primary N) is 1. The number of ether oxygens (including phenoxy) is 1. The molecule has 0 unspecified atom stereocenters. The second-order valence-corrected chi connectivity index (χ2v) is 6.15. The molecule has 0 amide bonds. The van der Waals surface area contributed by atoms with Gasteiger partial charge in [-0.15, -0.1) is 0 Å². The van der Waals surface area contributed by atoms with E-state index in [9.17, 15) is 0 Å². The van der Waals surface area contributed by atoms with Crippen molar-refractivity contribution < 1.29 is 4.74 Å². The van der Waals surface area contributed by atoms with Gasteiger partial charge >= 0.3 is 0 Å². The lowest BCUT2D eigenvalue weighted by Crippen LogP contribution is -2.37. The molecule has 0 aliphatic carbocycles. The SMILES string of the molecule is CN(CCCCC(C)(C)CN)C1CCOCC1. The maximum Gasteiger partial charge on any atom is 0.0480 e. The minimum Gasteiger partial charge on any atom is -0.381 e.